The van der Waals surface area contributed by atoms with Crippen LogP contribution in [0.15, 0.2) is 41.8 Å². The van der Waals surface area contributed by atoms with E-state index in [2.05, 4.69) is 51.0 Å². The minimum Gasteiger partial charge on any atom is -0.396 e. The normalized spacial score (nSPS) is 19.0. The van der Waals surface area contributed by atoms with E-state index in [1.54, 1.807) is 11.8 Å². The van der Waals surface area contributed by atoms with Crippen LogP contribution in [0.5, 0.6) is 0 Å². The largest absolute Gasteiger partial charge is 0.396 e. The smallest absolute Gasteiger partial charge is 0.187 e. The number of aliphatic hydroxyl groups is 1. The van der Waals surface area contributed by atoms with E-state index in [1.165, 1.54) is 11.1 Å². The van der Waals surface area contributed by atoms with Crippen LogP contribution in [0.4, 0.5) is 0 Å². The fourth-order valence-corrected chi connectivity index (χ4v) is 3.84. The summed E-state index contributed by atoms with van der Waals surface area (Å²) in [4.78, 5) is 13.7. The predicted octanol–water partition coefficient (Wildman–Crippen LogP) is 2.58. The van der Waals surface area contributed by atoms with Gasteiger partial charge in [-0.15, -0.1) is 0 Å². The molecule has 0 unspecified atom stereocenters. The fourth-order valence-electron chi connectivity index (χ4n) is 3.53. The van der Waals surface area contributed by atoms with Crippen LogP contribution in [0.2, 0.25) is 0 Å². The highest BCUT2D eigenvalue weighted by Gasteiger charge is 2.27. The Labute approximate surface area is 160 Å². The number of benzene rings is 1. The molecular weight excluding hydrogens is 344 g/mol. The van der Waals surface area contributed by atoms with Crippen molar-refractivity contribution in [2.75, 3.05) is 32.5 Å². The van der Waals surface area contributed by atoms with Gasteiger partial charge < -0.3 is 5.11 Å². The van der Waals surface area contributed by atoms with E-state index < -0.39 is 0 Å². The van der Waals surface area contributed by atoms with Gasteiger partial charge in [-0.3, -0.25) is 9.80 Å². The Morgan fingerprint density at radius 3 is 2.62 bits per heavy atom. The Morgan fingerprint density at radius 1 is 1.15 bits per heavy atom. The lowest BCUT2D eigenvalue weighted by molar-refractivity contribution is 0.0497. The molecule has 1 aromatic heterocycles. The molecular formula is C20H28N4OS. The van der Waals surface area contributed by atoms with Gasteiger partial charge in [-0.25, -0.2) is 9.97 Å². The summed E-state index contributed by atoms with van der Waals surface area (Å²) in [6.45, 7) is 7.24. The highest BCUT2D eigenvalue weighted by atomic mass is 32.2. The summed E-state index contributed by atoms with van der Waals surface area (Å²) in [5.74, 6) is 0. The average molecular weight is 373 g/mol. The van der Waals surface area contributed by atoms with Crippen LogP contribution >= 0.6 is 11.8 Å². The van der Waals surface area contributed by atoms with Crippen molar-refractivity contribution in [3.63, 3.8) is 0 Å². The third-order valence-electron chi connectivity index (χ3n) is 5.06. The molecule has 0 spiro atoms. The van der Waals surface area contributed by atoms with Crippen molar-refractivity contribution in [2.24, 2.45) is 0 Å². The molecule has 2 heterocycles. The van der Waals surface area contributed by atoms with Crippen LogP contribution < -0.4 is 0 Å². The maximum absolute atomic E-state index is 9.52. The van der Waals surface area contributed by atoms with Gasteiger partial charge in [0.25, 0.3) is 0 Å². The van der Waals surface area contributed by atoms with Gasteiger partial charge in [0.1, 0.15) is 0 Å². The number of aliphatic hydroxyl groups excluding tert-OH is 1. The van der Waals surface area contributed by atoms with E-state index in [-0.39, 0.29) is 6.61 Å². The van der Waals surface area contributed by atoms with Crippen LogP contribution in [0, 0.1) is 6.92 Å². The zero-order valence-electron chi connectivity index (χ0n) is 15.6. The first-order valence-corrected chi connectivity index (χ1v) is 10.4. The van der Waals surface area contributed by atoms with Crippen molar-refractivity contribution < 1.29 is 5.11 Å². The van der Waals surface area contributed by atoms with E-state index in [0.29, 0.717) is 6.04 Å². The van der Waals surface area contributed by atoms with Crippen molar-refractivity contribution in [2.45, 2.75) is 37.6 Å². The highest BCUT2D eigenvalue weighted by Crippen LogP contribution is 2.20. The second-order valence-electron chi connectivity index (χ2n) is 6.88. The molecule has 1 atom stereocenters. The monoisotopic (exact) mass is 372 g/mol. The molecule has 2 aromatic rings. The maximum atomic E-state index is 9.52. The summed E-state index contributed by atoms with van der Waals surface area (Å²) in [6.07, 6.45) is 6.66. The quantitative estimate of drug-likeness (QED) is 0.596. The topological polar surface area (TPSA) is 52.5 Å². The molecule has 140 valence electrons. The number of nitrogens with zero attached hydrogens (tertiary/aromatic N) is 4. The lowest BCUT2D eigenvalue weighted by atomic mass is 10.0. The van der Waals surface area contributed by atoms with Gasteiger partial charge >= 0.3 is 0 Å². The standard InChI is InChI=1S/C20H28N4OS/c1-16-5-3-4-6-18(16)14-24-9-8-23(15-19(24)7-10-25)13-17-11-21-20(26-2)22-12-17/h3-6,11-12,19,25H,7-10,13-15H2,1-2H3/t19-/m0/s1. The van der Waals surface area contributed by atoms with Crippen LogP contribution in [-0.4, -0.2) is 63.4 Å². The number of thioether (sulfide) groups is 1. The molecule has 6 heteroatoms. The summed E-state index contributed by atoms with van der Waals surface area (Å²) in [5.41, 5.74) is 3.87. The van der Waals surface area contributed by atoms with Gasteiger partial charge in [0.15, 0.2) is 5.16 Å². The average Bonchev–Trinajstić information content (AvgIpc) is 2.66. The molecule has 1 aromatic carbocycles. The van der Waals surface area contributed by atoms with E-state index in [9.17, 15) is 5.11 Å². The lowest BCUT2D eigenvalue weighted by Crippen LogP contribution is -2.52. The van der Waals surface area contributed by atoms with Gasteiger partial charge in [0.05, 0.1) is 0 Å². The van der Waals surface area contributed by atoms with Crippen molar-refractivity contribution in [1.82, 2.24) is 19.8 Å². The second kappa shape index (κ2) is 9.46. The number of rotatable bonds is 7. The van der Waals surface area contributed by atoms with Crippen LogP contribution in [-0.2, 0) is 13.1 Å². The SMILES string of the molecule is CSc1ncc(CN2CCN(Cc3ccccc3C)[C@@H](CCO)C2)cn1. The number of hydrogen-bond donors (Lipinski definition) is 1. The lowest BCUT2D eigenvalue weighted by Gasteiger charge is -2.41. The van der Waals surface area contributed by atoms with Crippen molar-refractivity contribution in [3.8, 4) is 0 Å². The predicted molar refractivity (Wildman–Crippen MR) is 106 cm³/mol. The molecule has 1 aliphatic rings. The Balaban J connectivity index is 1.62. The van der Waals surface area contributed by atoms with Crippen molar-refractivity contribution in [3.05, 3.63) is 53.3 Å². The summed E-state index contributed by atoms with van der Waals surface area (Å²) >= 11 is 1.56. The van der Waals surface area contributed by atoms with Gasteiger partial charge in [0, 0.05) is 63.3 Å². The number of hydrogen-bond acceptors (Lipinski definition) is 6. The summed E-state index contributed by atoms with van der Waals surface area (Å²) in [5, 5.41) is 10.3. The molecule has 1 aliphatic heterocycles. The summed E-state index contributed by atoms with van der Waals surface area (Å²) < 4.78 is 0. The van der Waals surface area contributed by atoms with Crippen molar-refractivity contribution >= 4 is 11.8 Å². The molecule has 0 amide bonds. The molecule has 1 N–H and O–H groups in total. The Morgan fingerprint density at radius 2 is 1.92 bits per heavy atom. The first-order valence-electron chi connectivity index (χ1n) is 9.16. The van der Waals surface area contributed by atoms with Crippen molar-refractivity contribution in [1.29, 1.82) is 0 Å². The number of aromatic nitrogens is 2. The van der Waals surface area contributed by atoms with Gasteiger partial charge in [0.2, 0.25) is 0 Å². The minimum atomic E-state index is 0.230. The van der Waals surface area contributed by atoms with E-state index in [4.69, 9.17) is 0 Å². The first-order chi connectivity index (χ1) is 12.7. The molecule has 0 saturated carbocycles. The van der Waals surface area contributed by atoms with E-state index in [0.717, 1.165) is 49.9 Å². The maximum Gasteiger partial charge on any atom is 0.187 e. The number of aryl methyl sites for hydroxylation is 1. The Bertz CT molecular complexity index is 694. The zero-order valence-corrected chi connectivity index (χ0v) is 16.5. The number of piperazine rings is 1. The molecule has 3 rings (SSSR count). The molecule has 1 fully saturated rings. The van der Waals surface area contributed by atoms with Crippen LogP contribution in [0.25, 0.3) is 0 Å². The minimum absolute atomic E-state index is 0.230. The summed E-state index contributed by atoms with van der Waals surface area (Å²) in [7, 11) is 0. The third kappa shape index (κ3) is 5.04. The molecule has 0 aliphatic carbocycles. The molecule has 0 radical (unpaired) electrons. The molecule has 26 heavy (non-hydrogen) atoms. The van der Waals surface area contributed by atoms with E-state index in [1.807, 2.05) is 18.6 Å². The third-order valence-corrected chi connectivity index (χ3v) is 5.63. The van der Waals surface area contributed by atoms with Crippen LogP contribution in [0.1, 0.15) is 23.1 Å². The van der Waals surface area contributed by atoms with Gasteiger partial charge in [-0.1, -0.05) is 36.0 Å². The summed E-state index contributed by atoms with van der Waals surface area (Å²) in [6, 6.07) is 8.96. The fraction of sp³-hybridized carbons (Fsp3) is 0.500. The Kier molecular flexibility index (Phi) is 7.02. The highest BCUT2D eigenvalue weighted by molar-refractivity contribution is 7.98. The zero-order chi connectivity index (χ0) is 18.4. The molecule has 1 saturated heterocycles. The van der Waals surface area contributed by atoms with Crippen LogP contribution in [0.3, 0.4) is 0 Å². The first kappa shape index (κ1) is 19.3. The van der Waals surface area contributed by atoms with Gasteiger partial charge in [-0.2, -0.15) is 0 Å². The second-order valence-corrected chi connectivity index (χ2v) is 7.65. The molecule has 5 nitrogen and oxygen atoms in total. The van der Waals surface area contributed by atoms with Gasteiger partial charge in [-0.05, 0) is 30.7 Å². The van der Waals surface area contributed by atoms with E-state index >= 15 is 0 Å². The Hall–Kier alpha value is -1.47. The molecule has 0 bridgehead atoms.